The fourth-order valence-corrected chi connectivity index (χ4v) is 3.75. The molecule has 1 aliphatic rings. The van der Waals surface area contributed by atoms with Gasteiger partial charge in [-0.2, -0.15) is 0 Å². The molecular weight excluding hydrogens is 364 g/mol. The van der Waals surface area contributed by atoms with Crippen molar-refractivity contribution in [2.75, 3.05) is 0 Å². The number of aliphatic imine (C=N–C) groups is 1. The van der Waals surface area contributed by atoms with Crippen LogP contribution in [0, 0.1) is 0 Å². The van der Waals surface area contributed by atoms with Crippen LogP contribution < -0.4 is 5.73 Å². The Morgan fingerprint density at radius 2 is 1.96 bits per heavy atom. The standard InChI is InChI=1S/C20H19BrN2O/c21-17-9-4-6-15(14-17)18(10-11-19(22)24)20(12-5-13-23-20)16-7-2-1-3-8-16/h1-9,12-14,18H,10-11H2,(H2,22,24). The topological polar surface area (TPSA) is 55.5 Å². The zero-order chi connectivity index (χ0) is 17.0. The van der Waals surface area contributed by atoms with E-state index in [4.69, 9.17) is 10.7 Å². The zero-order valence-electron chi connectivity index (χ0n) is 13.2. The van der Waals surface area contributed by atoms with Gasteiger partial charge in [-0.3, -0.25) is 9.79 Å². The molecule has 1 heterocycles. The van der Waals surface area contributed by atoms with Gasteiger partial charge < -0.3 is 5.73 Å². The highest BCUT2D eigenvalue weighted by Gasteiger charge is 2.40. The number of hydrogen-bond acceptors (Lipinski definition) is 2. The summed E-state index contributed by atoms with van der Waals surface area (Å²) in [5.74, 6) is -0.260. The van der Waals surface area contributed by atoms with Crippen LogP contribution in [-0.4, -0.2) is 12.1 Å². The number of halogens is 1. The van der Waals surface area contributed by atoms with Crippen LogP contribution in [0.15, 0.2) is 76.2 Å². The van der Waals surface area contributed by atoms with Crippen LogP contribution in [0.5, 0.6) is 0 Å². The summed E-state index contributed by atoms with van der Waals surface area (Å²) < 4.78 is 1.01. The fraction of sp³-hybridized carbons (Fsp3) is 0.200. The number of nitrogens with two attached hydrogens (primary N) is 1. The van der Waals surface area contributed by atoms with Crippen molar-refractivity contribution in [1.29, 1.82) is 0 Å². The molecule has 3 nitrogen and oxygen atoms in total. The Morgan fingerprint density at radius 3 is 2.58 bits per heavy atom. The normalized spacial score (nSPS) is 20.2. The van der Waals surface area contributed by atoms with Gasteiger partial charge in [0.15, 0.2) is 0 Å². The van der Waals surface area contributed by atoms with Gasteiger partial charge in [0.2, 0.25) is 5.91 Å². The zero-order valence-corrected chi connectivity index (χ0v) is 14.8. The van der Waals surface area contributed by atoms with Crippen LogP contribution in [0.1, 0.15) is 29.9 Å². The number of carbonyl (C=O) groups excluding carboxylic acids is 1. The first kappa shape index (κ1) is 16.7. The maximum Gasteiger partial charge on any atom is 0.217 e. The summed E-state index contributed by atoms with van der Waals surface area (Å²) in [6, 6.07) is 18.4. The molecule has 0 bridgehead atoms. The van der Waals surface area contributed by atoms with Gasteiger partial charge in [0.05, 0.1) is 0 Å². The number of benzene rings is 2. The Labute approximate surface area is 150 Å². The summed E-state index contributed by atoms with van der Waals surface area (Å²) in [5.41, 5.74) is 7.17. The van der Waals surface area contributed by atoms with Gasteiger partial charge in [-0.05, 0) is 35.8 Å². The van der Waals surface area contributed by atoms with Gasteiger partial charge in [-0.15, -0.1) is 0 Å². The molecule has 122 valence electrons. The Morgan fingerprint density at radius 1 is 1.17 bits per heavy atom. The quantitative estimate of drug-likeness (QED) is 0.793. The molecule has 2 aromatic rings. The third kappa shape index (κ3) is 3.34. The monoisotopic (exact) mass is 382 g/mol. The molecule has 0 saturated carbocycles. The predicted molar refractivity (Wildman–Crippen MR) is 101 cm³/mol. The first-order valence-electron chi connectivity index (χ1n) is 7.94. The van der Waals surface area contributed by atoms with E-state index in [1.165, 1.54) is 0 Å². The molecule has 0 saturated heterocycles. The number of primary amides is 1. The molecular formula is C20H19BrN2O. The van der Waals surface area contributed by atoms with Crippen molar-refractivity contribution in [3.05, 3.63) is 82.3 Å². The van der Waals surface area contributed by atoms with Crippen molar-refractivity contribution in [2.45, 2.75) is 24.3 Å². The molecule has 1 aliphatic heterocycles. The molecule has 2 N–H and O–H groups in total. The van der Waals surface area contributed by atoms with Gasteiger partial charge in [0.1, 0.15) is 5.54 Å². The van der Waals surface area contributed by atoms with E-state index in [0.29, 0.717) is 12.8 Å². The minimum Gasteiger partial charge on any atom is -0.370 e. The molecule has 4 heteroatoms. The highest BCUT2D eigenvalue weighted by molar-refractivity contribution is 9.10. The lowest BCUT2D eigenvalue weighted by atomic mass is 9.73. The number of nitrogens with zero attached hydrogens (tertiary/aromatic N) is 1. The van der Waals surface area contributed by atoms with Crippen LogP contribution >= 0.6 is 15.9 Å². The Bertz CT molecular complexity index is 771. The molecule has 24 heavy (non-hydrogen) atoms. The highest BCUT2D eigenvalue weighted by atomic mass is 79.9. The summed E-state index contributed by atoms with van der Waals surface area (Å²) in [4.78, 5) is 16.2. The lowest BCUT2D eigenvalue weighted by Crippen LogP contribution is -2.30. The fourth-order valence-electron chi connectivity index (χ4n) is 3.33. The van der Waals surface area contributed by atoms with Crippen molar-refractivity contribution in [3.63, 3.8) is 0 Å². The van der Waals surface area contributed by atoms with E-state index in [0.717, 1.165) is 15.6 Å². The summed E-state index contributed by atoms with van der Waals surface area (Å²) in [7, 11) is 0. The average Bonchev–Trinajstić information content (AvgIpc) is 3.06. The smallest absolute Gasteiger partial charge is 0.217 e. The molecule has 0 aromatic heterocycles. The van der Waals surface area contributed by atoms with Crippen molar-refractivity contribution in [2.24, 2.45) is 10.7 Å². The van der Waals surface area contributed by atoms with Crippen LogP contribution in [0.25, 0.3) is 0 Å². The second kappa shape index (κ2) is 7.14. The van der Waals surface area contributed by atoms with Gasteiger partial charge in [0, 0.05) is 23.0 Å². The molecule has 0 radical (unpaired) electrons. The molecule has 0 fully saturated rings. The van der Waals surface area contributed by atoms with Crippen molar-refractivity contribution >= 4 is 28.1 Å². The molecule has 2 unspecified atom stereocenters. The van der Waals surface area contributed by atoms with Crippen LogP contribution in [0.3, 0.4) is 0 Å². The molecule has 0 spiro atoms. The van der Waals surface area contributed by atoms with Gasteiger partial charge >= 0.3 is 0 Å². The summed E-state index contributed by atoms with van der Waals surface area (Å²) in [6.45, 7) is 0. The van der Waals surface area contributed by atoms with E-state index >= 15 is 0 Å². The lowest BCUT2D eigenvalue weighted by molar-refractivity contribution is -0.118. The molecule has 2 aromatic carbocycles. The number of rotatable bonds is 6. The maximum atomic E-state index is 11.4. The number of carbonyl (C=O) groups is 1. The summed E-state index contributed by atoms with van der Waals surface area (Å²) in [5, 5.41) is 0. The molecule has 2 atom stereocenters. The van der Waals surface area contributed by atoms with Crippen LogP contribution in [0.4, 0.5) is 0 Å². The molecule has 1 amide bonds. The van der Waals surface area contributed by atoms with Crippen molar-refractivity contribution < 1.29 is 4.79 Å². The Balaban J connectivity index is 2.10. The van der Waals surface area contributed by atoms with Crippen molar-refractivity contribution in [1.82, 2.24) is 0 Å². The second-order valence-electron chi connectivity index (χ2n) is 5.94. The minimum atomic E-state index is -0.502. The third-order valence-corrected chi connectivity index (χ3v) is 4.92. The number of amides is 1. The van der Waals surface area contributed by atoms with Crippen LogP contribution in [0.2, 0.25) is 0 Å². The Kier molecular flexibility index (Phi) is 4.95. The SMILES string of the molecule is NC(=O)CCC(c1cccc(Br)c1)C1(c2ccccc2)C=CC=N1. The van der Waals surface area contributed by atoms with Crippen molar-refractivity contribution in [3.8, 4) is 0 Å². The largest absolute Gasteiger partial charge is 0.370 e. The number of allylic oxidation sites excluding steroid dienone is 1. The predicted octanol–water partition coefficient (Wildman–Crippen LogP) is 4.33. The second-order valence-corrected chi connectivity index (χ2v) is 6.86. The van der Waals surface area contributed by atoms with E-state index in [1.54, 1.807) is 0 Å². The summed E-state index contributed by atoms with van der Waals surface area (Å²) >= 11 is 3.54. The highest BCUT2D eigenvalue weighted by Crippen LogP contribution is 2.46. The lowest BCUT2D eigenvalue weighted by Gasteiger charge is -2.35. The van der Waals surface area contributed by atoms with Crippen LogP contribution in [-0.2, 0) is 10.3 Å². The van der Waals surface area contributed by atoms with Gasteiger partial charge in [-0.25, -0.2) is 0 Å². The maximum absolute atomic E-state index is 11.4. The molecule has 3 rings (SSSR count). The van der Waals surface area contributed by atoms with E-state index < -0.39 is 5.54 Å². The van der Waals surface area contributed by atoms with E-state index in [9.17, 15) is 4.79 Å². The van der Waals surface area contributed by atoms with Gasteiger partial charge in [-0.1, -0.05) is 64.5 Å². The molecule has 0 aliphatic carbocycles. The first-order chi connectivity index (χ1) is 11.6. The summed E-state index contributed by atoms with van der Waals surface area (Å²) in [6.07, 6.45) is 6.90. The van der Waals surface area contributed by atoms with E-state index in [1.807, 2.05) is 42.6 Å². The minimum absolute atomic E-state index is 0.0277. The number of hydrogen-bond donors (Lipinski definition) is 1. The van der Waals surface area contributed by atoms with Gasteiger partial charge in [0.25, 0.3) is 0 Å². The third-order valence-electron chi connectivity index (χ3n) is 4.42. The first-order valence-corrected chi connectivity index (χ1v) is 8.73. The average molecular weight is 383 g/mol. The Hall–Kier alpha value is -2.20. The van der Waals surface area contributed by atoms with E-state index in [2.05, 4.69) is 46.3 Å². The van der Waals surface area contributed by atoms with E-state index in [-0.39, 0.29) is 11.8 Å².